The molecule has 3 rings (SSSR count). The number of benzene rings is 3. The van der Waals surface area contributed by atoms with Gasteiger partial charge in [-0.1, -0.05) is 84.4 Å². The highest BCUT2D eigenvalue weighted by atomic mass is 35.5. The zero-order valence-corrected chi connectivity index (χ0v) is 17.7. The molecule has 0 heterocycles. The number of carbonyl (C=O) groups excluding carboxylic acids is 2. The number of rotatable bonds is 8. The van der Waals surface area contributed by atoms with Gasteiger partial charge in [-0.25, -0.2) is 0 Å². The SMILES string of the molecule is CNC(=O)[C@H](Cc1ccccc1)N(Cc1cccc(Cl)c1)C(=O)Cc1ccccc1. The van der Waals surface area contributed by atoms with Gasteiger partial charge in [-0.05, 0) is 28.8 Å². The smallest absolute Gasteiger partial charge is 0.242 e. The number of hydrogen-bond donors (Lipinski definition) is 1. The van der Waals surface area contributed by atoms with Crippen LogP contribution in [0.4, 0.5) is 0 Å². The third kappa shape index (κ3) is 5.94. The van der Waals surface area contributed by atoms with Crippen LogP contribution in [-0.2, 0) is 29.0 Å². The van der Waals surface area contributed by atoms with E-state index in [0.717, 1.165) is 16.7 Å². The van der Waals surface area contributed by atoms with Crippen LogP contribution in [0.3, 0.4) is 0 Å². The highest BCUT2D eigenvalue weighted by Crippen LogP contribution is 2.18. The van der Waals surface area contributed by atoms with Gasteiger partial charge in [0.15, 0.2) is 0 Å². The number of hydrogen-bond acceptors (Lipinski definition) is 2. The van der Waals surface area contributed by atoms with Crippen molar-refractivity contribution in [3.05, 3.63) is 107 Å². The molecular formula is C25H25ClN2O2. The van der Waals surface area contributed by atoms with Crippen LogP contribution in [0.1, 0.15) is 16.7 Å². The summed E-state index contributed by atoms with van der Waals surface area (Å²) >= 11 is 6.15. The summed E-state index contributed by atoms with van der Waals surface area (Å²) in [6.45, 7) is 0.303. The minimum absolute atomic E-state index is 0.106. The zero-order chi connectivity index (χ0) is 21.3. The second-order valence-electron chi connectivity index (χ2n) is 7.13. The molecule has 0 aliphatic rings. The van der Waals surface area contributed by atoms with E-state index in [2.05, 4.69) is 5.32 Å². The summed E-state index contributed by atoms with van der Waals surface area (Å²) in [7, 11) is 1.60. The lowest BCUT2D eigenvalue weighted by molar-refractivity contribution is -0.140. The van der Waals surface area contributed by atoms with Crippen molar-refractivity contribution in [1.82, 2.24) is 10.2 Å². The molecule has 0 radical (unpaired) electrons. The lowest BCUT2D eigenvalue weighted by Gasteiger charge is -2.31. The van der Waals surface area contributed by atoms with E-state index in [4.69, 9.17) is 11.6 Å². The first-order valence-electron chi connectivity index (χ1n) is 9.90. The second kappa shape index (κ2) is 10.6. The minimum atomic E-state index is -0.632. The maximum atomic E-state index is 13.4. The molecule has 3 aromatic carbocycles. The van der Waals surface area contributed by atoms with Crippen molar-refractivity contribution < 1.29 is 9.59 Å². The van der Waals surface area contributed by atoms with Gasteiger partial charge >= 0.3 is 0 Å². The lowest BCUT2D eigenvalue weighted by atomic mass is 10.0. The molecule has 0 aromatic heterocycles. The summed E-state index contributed by atoms with van der Waals surface area (Å²) in [5.74, 6) is -0.298. The normalized spacial score (nSPS) is 11.5. The first-order chi connectivity index (χ1) is 14.6. The zero-order valence-electron chi connectivity index (χ0n) is 16.9. The number of amides is 2. The summed E-state index contributed by atoms with van der Waals surface area (Å²) in [5, 5.41) is 3.32. The molecule has 0 bridgehead atoms. The fourth-order valence-corrected chi connectivity index (χ4v) is 3.64. The van der Waals surface area contributed by atoms with E-state index < -0.39 is 6.04 Å². The first-order valence-corrected chi connectivity index (χ1v) is 10.3. The van der Waals surface area contributed by atoms with E-state index in [-0.39, 0.29) is 18.2 Å². The molecule has 154 valence electrons. The summed E-state index contributed by atoms with van der Waals surface area (Å²) in [4.78, 5) is 27.9. The van der Waals surface area contributed by atoms with Gasteiger partial charge in [0.1, 0.15) is 6.04 Å². The molecule has 0 spiro atoms. The van der Waals surface area contributed by atoms with Crippen LogP contribution in [0.25, 0.3) is 0 Å². The summed E-state index contributed by atoms with van der Waals surface area (Å²) in [6.07, 6.45) is 0.658. The fourth-order valence-electron chi connectivity index (χ4n) is 3.42. The number of carbonyl (C=O) groups is 2. The summed E-state index contributed by atoms with van der Waals surface area (Å²) in [6, 6.07) is 26.1. The number of likely N-dealkylation sites (N-methyl/N-ethyl adjacent to an activating group) is 1. The monoisotopic (exact) mass is 420 g/mol. The molecule has 1 N–H and O–H groups in total. The van der Waals surface area contributed by atoms with Gasteiger partial charge in [0.2, 0.25) is 11.8 Å². The maximum Gasteiger partial charge on any atom is 0.242 e. The third-order valence-corrected chi connectivity index (χ3v) is 5.19. The van der Waals surface area contributed by atoms with Crippen LogP contribution < -0.4 is 5.32 Å². The molecule has 0 fully saturated rings. The minimum Gasteiger partial charge on any atom is -0.357 e. The fraction of sp³-hybridized carbons (Fsp3) is 0.200. The summed E-state index contributed by atoms with van der Waals surface area (Å²) in [5.41, 5.74) is 2.79. The van der Waals surface area contributed by atoms with E-state index >= 15 is 0 Å². The molecule has 4 nitrogen and oxygen atoms in total. The van der Waals surface area contributed by atoms with Crippen molar-refractivity contribution in [2.45, 2.75) is 25.4 Å². The molecule has 1 atom stereocenters. The van der Waals surface area contributed by atoms with Crippen LogP contribution in [0, 0.1) is 0 Å². The highest BCUT2D eigenvalue weighted by Gasteiger charge is 2.29. The van der Waals surface area contributed by atoms with Gasteiger partial charge in [-0.2, -0.15) is 0 Å². The first kappa shape index (κ1) is 21.6. The van der Waals surface area contributed by atoms with Gasteiger partial charge in [0.25, 0.3) is 0 Å². The Hall–Kier alpha value is -3.11. The van der Waals surface area contributed by atoms with E-state index in [1.165, 1.54) is 0 Å². The van der Waals surface area contributed by atoms with Crippen LogP contribution >= 0.6 is 11.6 Å². The molecular weight excluding hydrogens is 396 g/mol. The number of nitrogens with zero attached hydrogens (tertiary/aromatic N) is 1. The maximum absolute atomic E-state index is 13.4. The van der Waals surface area contributed by atoms with Crippen LogP contribution in [0.15, 0.2) is 84.9 Å². The molecule has 0 aliphatic heterocycles. The molecule has 3 aromatic rings. The number of nitrogens with one attached hydrogen (secondary N) is 1. The van der Waals surface area contributed by atoms with Gasteiger partial charge in [-0.3, -0.25) is 9.59 Å². The van der Waals surface area contributed by atoms with Crippen molar-refractivity contribution in [3.63, 3.8) is 0 Å². The van der Waals surface area contributed by atoms with E-state index in [9.17, 15) is 9.59 Å². The standard InChI is InChI=1S/C25H25ClN2O2/c1-27-25(30)23(16-19-9-4-2-5-10-19)28(18-21-13-8-14-22(26)15-21)24(29)17-20-11-6-3-7-12-20/h2-15,23H,16-18H2,1H3,(H,27,30)/t23-/m0/s1. The predicted molar refractivity (Wildman–Crippen MR) is 120 cm³/mol. The number of halogens is 1. The molecule has 0 unspecified atom stereocenters. The summed E-state index contributed by atoms with van der Waals surface area (Å²) < 4.78 is 0. The Balaban J connectivity index is 1.93. The largest absolute Gasteiger partial charge is 0.357 e. The topological polar surface area (TPSA) is 49.4 Å². The van der Waals surface area contributed by atoms with Gasteiger partial charge in [0.05, 0.1) is 6.42 Å². The van der Waals surface area contributed by atoms with E-state index in [1.54, 1.807) is 18.0 Å². The van der Waals surface area contributed by atoms with Crippen molar-refractivity contribution in [2.24, 2.45) is 0 Å². The Morgan fingerprint density at radius 2 is 1.47 bits per heavy atom. The molecule has 30 heavy (non-hydrogen) atoms. The Morgan fingerprint density at radius 1 is 0.867 bits per heavy atom. The molecule has 0 saturated carbocycles. The highest BCUT2D eigenvalue weighted by molar-refractivity contribution is 6.30. The van der Waals surface area contributed by atoms with Crippen molar-refractivity contribution >= 4 is 23.4 Å². The Labute approximate surface area is 182 Å². The van der Waals surface area contributed by atoms with Crippen LogP contribution in [-0.4, -0.2) is 29.8 Å². The quantitative estimate of drug-likeness (QED) is 0.591. The molecule has 2 amide bonds. The van der Waals surface area contributed by atoms with Gasteiger partial charge < -0.3 is 10.2 Å². The Morgan fingerprint density at radius 3 is 2.07 bits per heavy atom. The van der Waals surface area contributed by atoms with E-state index in [1.807, 2.05) is 78.9 Å². The van der Waals surface area contributed by atoms with Gasteiger partial charge in [0, 0.05) is 25.0 Å². The average molecular weight is 421 g/mol. The predicted octanol–water partition coefficient (Wildman–Crippen LogP) is 4.27. The lowest BCUT2D eigenvalue weighted by Crippen LogP contribution is -2.50. The van der Waals surface area contributed by atoms with E-state index in [0.29, 0.717) is 18.0 Å². The Bertz CT molecular complexity index is 977. The second-order valence-corrected chi connectivity index (χ2v) is 7.57. The molecule has 0 saturated heterocycles. The molecule has 5 heteroatoms. The van der Waals surface area contributed by atoms with Crippen molar-refractivity contribution in [1.29, 1.82) is 0 Å². The van der Waals surface area contributed by atoms with Crippen LogP contribution in [0.5, 0.6) is 0 Å². The van der Waals surface area contributed by atoms with Crippen molar-refractivity contribution in [3.8, 4) is 0 Å². The average Bonchev–Trinajstić information content (AvgIpc) is 2.77. The van der Waals surface area contributed by atoms with Crippen LogP contribution in [0.2, 0.25) is 5.02 Å². The third-order valence-electron chi connectivity index (χ3n) is 4.96. The molecule has 0 aliphatic carbocycles. The van der Waals surface area contributed by atoms with Gasteiger partial charge in [-0.15, -0.1) is 0 Å². The Kier molecular flexibility index (Phi) is 7.63. The van der Waals surface area contributed by atoms with Crippen molar-refractivity contribution in [2.75, 3.05) is 7.05 Å².